The predicted molar refractivity (Wildman–Crippen MR) is 75.4 cm³/mol. The first-order valence-corrected chi connectivity index (χ1v) is 6.93. The van der Waals surface area contributed by atoms with Crippen LogP contribution in [0, 0.1) is 0 Å². The zero-order valence-corrected chi connectivity index (χ0v) is 12.3. The van der Waals surface area contributed by atoms with E-state index in [1.807, 2.05) is 4.90 Å². The first-order valence-electron chi connectivity index (χ1n) is 6.93. The minimum absolute atomic E-state index is 0.0387. The van der Waals surface area contributed by atoms with Crippen LogP contribution in [0.5, 0.6) is 0 Å². The standard InChI is InChI=1S/C14H22N4O2/c1-11-9-17(10-12(2)18(11)6-7-20-3)14(19)13-8-15-4-5-16-13/h4-5,8,11-12H,6-7,9-10H2,1-3H3. The van der Waals surface area contributed by atoms with Gasteiger partial charge in [-0.2, -0.15) is 0 Å². The lowest BCUT2D eigenvalue weighted by atomic mass is 10.1. The first-order chi connectivity index (χ1) is 9.63. The van der Waals surface area contributed by atoms with Gasteiger partial charge in [-0.25, -0.2) is 4.98 Å². The number of aromatic nitrogens is 2. The van der Waals surface area contributed by atoms with E-state index in [1.54, 1.807) is 19.5 Å². The van der Waals surface area contributed by atoms with Crippen LogP contribution in [0.25, 0.3) is 0 Å². The van der Waals surface area contributed by atoms with E-state index in [0.29, 0.717) is 37.5 Å². The molecule has 1 amide bonds. The molecule has 0 aliphatic carbocycles. The van der Waals surface area contributed by atoms with E-state index in [-0.39, 0.29) is 5.91 Å². The van der Waals surface area contributed by atoms with Crippen LogP contribution < -0.4 is 0 Å². The van der Waals surface area contributed by atoms with Crippen molar-refractivity contribution >= 4 is 5.91 Å². The van der Waals surface area contributed by atoms with Crippen molar-refractivity contribution in [1.82, 2.24) is 19.8 Å². The Morgan fingerprint density at radius 1 is 1.35 bits per heavy atom. The summed E-state index contributed by atoms with van der Waals surface area (Å²) in [5.41, 5.74) is 0.414. The molecule has 0 spiro atoms. The number of piperazine rings is 1. The molecule has 0 radical (unpaired) electrons. The van der Waals surface area contributed by atoms with Gasteiger partial charge in [0.2, 0.25) is 0 Å². The van der Waals surface area contributed by atoms with Crippen molar-refractivity contribution in [3.63, 3.8) is 0 Å². The van der Waals surface area contributed by atoms with E-state index in [2.05, 4.69) is 28.7 Å². The van der Waals surface area contributed by atoms with Gasteiger partial charge in [0, 0.05) is 51.2 Å². The number of methoxy groups -OCH3 is 1. The van der Waals surface area contributed by atoms with Gasteiger partial charge in [0.1, 0.15) is 5.69 Å². The van der Waals surface area contributed by atoms with E-state index in [4.69, 9.17) is 4.74 Å². The Morgan fingerprint density at radius 3 is 2.60 bits per heavy atom. The Kier molecular flexibility index (Phi) is 5.03. The van der Waals surface area contributed by atoms with Gasteiger partial charge in [0.15, 0.2) is 0 Å². The molecule has 2 rings (SSSR count). The van der Waals surface area contributed by atoms with Crippen molar-refractivity contribution in [3.05, 3.63) is 24.3 Å². The normalized spacial score (nSPS) is 23.9. The monoisotopic (exact) mass is 278 g/mol. The number of carbonyl (C=O) groups excluding carboxylic acids is 1. The zero-order valence-electron chi connectivity index (χ0n) is 12.3. The number of ether oxygens (including phenoxy) is 1. The quantitative estimate of drug-likeness (QED) is 0.809. The molecule has 20 heavy (non-hydrogen) atoms. The molecule has 0 saturated carbocycles. The van der Waals surface area contributed by atoms with Gasteiger partial charge < -0.3 is 9.64 Å². The third-order valence-electron chi connectivity index (χ3n) is 3.72. The molecular weight excluding hydrogens is 256 g/mol. The van der Waals surface area contributed by atoms with Crippen LogP contribution in [-0.2, 0) is 4.74 Å². The summed E-state index contributed by atoms with van der Waals surface area (Å²) in [6.45, 7) is 7.32. The molecule has 2 atom stereocenters. The van der Waals surface area contributed by atoms with Crippen LogP contribution in [0.1, 0.15) is 24.3 Å². The zero-order chi connectivity index (χ0) is 14.5. The second kappa shape index (κ2) is 6.76. The van der Waals surface area contributed by atoms with Crippen LogP contribution in [0.4, 0.5) is 0 Å². The van der Waals surface area contributed by atoms with Gasteiger partial charge in [-0.15, -0.1) is 0 Å². The molecule has 1 aliphatic rings. The fourth-order valence-corrected chi connectivity index (χ4v) is 2.73. The minimum Gasteiger partial charge on any atom is -0.383 e. The lowest BCUT2D eigenvalue weighted by molar-refractivity contribution is 0.0190. The third kappa shape index (κ3) is 3.32. The van der Waals surface area contributed by atoms with Gasteiger partial charge in [-0.3, -0.25) is 14.7 Å². The van der Waals surface area contributed by atoms with Gasteiger partial charge in [0.25, 0.3) is 5.91 Å². The molecule has 6 nitrogen and oxygen atoms in total. The summed E-state index contributed by atoms with van der Waals surface area (Å²) in [5.74, 6) is -0.0387. The van der Waals surface area contributed by atoms with E-state index in [9.17, 15) is 4.79 Å². The van der Waals surface area contributed by atoms with Crippen molar-refractivity contribution in [2.24, 2.45) is 0 Å². The van der Waals surface area contributed by atoms with Crippen molar-refractivity contribution < 1.29 is 9.53 Å². The fraction of sp³-hybridized carbons (Fsp3) is 0.643. The van der Waals surface area contributed by atoms with Gasteiger partial charge >= 0.3 is 0 Å². The summed E-state index contributed by atoms with van der Waals surface area (Å²) < 4.78 is 5.14. The van der Waals surface area contributed by atoms with Gasteiger partial charge in [-0.05, 0) is 13.8 Å². The molecule has 1 saturated heterocycles. The minimum atomic E-state index is -0.0387. The largest absolute Gasteiger partial charge is 0.383 e. The van der Waals surface area contributed by atoms with Crippen LogP contribution in [-0.4, -0.2) is 71.1 Å². The Labute approximate surface area is 119 Å². The SMILES string of the molecule is COCCN1C(C)CN(C(=O)c2cnccn2)CC1C. The maximum atomic E-state index is 12.4. The van der Waals surface area contributed by atoms with Crippen LogP contribution >= 0.6 is 0 Å². The molecule has 110 valence electrons. The van der Waals surface area contributed by atoms with E-state index >= 15 is 0 Å². The van der Waals surface area contributed by atoms with Crippen LogP contribution in [0.2, 0.25) is 0 Å². The number of carbonyl (C=O) groups is 1. The highest BCUT2D eigenvalue weighted by Gasteiger charge is 2.32. The smallest absolute Gasteiger partial charge is 0.274 e. The number of nitrogens with zero attached hydrogens (tertiary/aromatic N) is 4. The van der Waals surface area contributed by atoms with Crippen molar-refractivity contribution in [2.75, 3.05) is 33.4 Å². The number of rotatable bonds is 4. The molecule has 1 aromatic heterocycles. The van der Waals surface area contributed by atoms with Crippen molar-refractivity contribution in [2.45, 2.75) is 25.9 Å². The maximum absolute atomic E-state index is 12.4. The highest BCUT2D eigenvalue weighted by atomic mass is 16.5. The van der Waals surface area contributed by atoms with Gasteiger partial charge in [0.05, 0.1) is 12.8 Å². The second-order valence-corrected chi connectivity index (χ2v) is 5.23. The summed E-state index contributed by atoms with van der Waals surface area (Å²) >= 11 is 0. The van der Waals surface area contributed by atoms with E-state index < -0.39 is 0 Å². The lowest BCUT2D eigenvalue weighted by Gasteiger charge is -2.44. The Bertz CT molecular complexity index is 428. The number of hydrogen-bond donors (Lipinski definition) is 0. The highest BCUT2D eigenvalue weighted by Crippen LogP contribution is 2.16. The van der Waals surface area contributed by atoms with Crippen molar-refractivity contribution in [1.29, 1.82) is 0 Å². The third-order valence-corrected chi connectivity index (χ3v) is 3.72. The molecule has 0 N–H and O–H groups in total. The summed E-state index contributed by atoms with van der Waals surface area (Å²) in [7, 11) is 1.71. The fourth-order valence-electron chi connectivity index (χ4n) is 2.73. The number of amides is 1. The average molecular weight is 278 g/mol. The molecule has 1 aliphatic heterocycles. The topological polar surface area (TPSA) is 58.6 Å². The molecule has 1 fully saturated rings. The van der Waals surface area contributed by atoms with E-state index in [0.717, 1.165) is 6.54 Å². The van der Waals surface area contributed by atoms with Gasteiger partial charge in [-0.1, -0.05) is 0 Å². The molecule has 2 heterocycles. The lowest BCUT2D eigenvalue weighted by Crippen LogP contribution is -2.58. The molecular formula is C14H22N4O2. The molecule has 0 aromatic carbocycles. The molecule has 2 unspecified atom stereocenters. The second-order valence-electron chi connectivity index (χ2n) is 5.23. The average Bonchev–Trinajstić information content (AvgIpc) is 2.46. The highest BCUT2D eigenvalue weighted by molar-refractivity contribution is 5.92. The predicted octanol–water partition coefficient (Wildman–Crippen LogP) is 0.658. The van der Waals surface area contributed by atoms with Crippen molar-refractivity contribution in [3.8, 4) is 0 Å². The summed E-state index contributed by atoms with van der Waals surface area (Å²) in [5, 5.41) is 0. The Hall–Kier alpha value is -1.53. The summed E-state index contributed by atoms with van der Waals surface area (Å²) in [4.78, 5) is 24.7. The molecule has 0 bridgehead atoms. The summed E-state index contributed by atoms with van der Waals surface area (Å²) in [6, 6.07) is 0.629. The maximum Gasteiger partial charge on any atom is 0.274 e. The number of hydrogen-bond acceptors (Lipinski definition) is 5. The van der Waals surface area contributed by atoms with Crippen LogP contribution in [0.15, 0.2) is 18.6 Å². The Morgan fingerprint density at radius 2 is 2.05 bits per heavy atom. The Balaban J connectivity index is 2.01. The molecule has 1 aromatic rings. The van der Waals surface area contributed by atoms with Crippen LogP contribution in [0.3, 0.4) is 0 Å². The molecule has 6 heteroatoms. The first kappa shape index (κ1) is 14.9. The summed E-state index contributed by atoms with van der Waals surface area (Å²) in [6.07, 6.45) is 4.65. The van der Waals surface area contributed by atoms with E-state index in [1.165, 1.54) is 6.20 Å².